The summed E-state index contributed by atoms with van der Waals surface area (Å²) < 4.78 is 10.6. The second kappa shape index (κ2) is 10.5. The number of nitriles is 1. The molecular formula is C24H27N3O4. The third-order valence-electron chi connectivity index (χ3n) is 5.46. The van der Waals surface area contributed by atoms with Gasteiger partial charge in [0.1, 0.15) is 6.04 Å². The second-order valence-electron chi connectivity index (χ2n) is 7.56. The number of carbonyl (C=O) groups excluding carboxylic acids is 2. The van der Waals surface area contributed by atoms with E-state index in [0.29, 0.717) is 37.4 Å². The van der Waals surface area contributed by atoms with Gasteiger partial charge in [0.2, 0.25) is 11.8 Å². The number of likely N-dealkylation sites (tertiary alicyclic amines) is 1. The van der Waals surface area contributed by atoms with E-state index in [9.17, 15) is 14.9 Å². The molecule has 0 aromatic heterocycles. The third kappa shape index (κ3) is 5.76. The molecule has 0 spiro atoms. The van der Waals surface area contributed by atoms with Gasteiger partial charge in [-0.1, -0.05) is 36.4 Å². The lowest BCUT2D eigenvalue weighted by Gasteiger charge is -2.18. The molecule has 0 radical (unpaired) electrons. The van der Waals surface area contributed by atoms with Gasteiger partial charge in [0.15, 0.2) is 11.5 Å². The predicted octanol–water partition coefficient (Wildman–Crippen LogP) is 2.35. The van der Waals surface area contributed by atoms with Gasteiger partial charge >= 0.3 is 0 Å². The number of nitrogens with one attached hydrogen (secondary N) is 1. The van der Waals surface area contributed by atoms with E-state index in [1.54, 1.807) is 19.1 Å². The van der Waals surface area contributed by atoms with Crippen LogP contribution in [0, 0.1) is 17.2 Å². The molecule has 2 atom stereocenters. The highest BCUT2D eigenvalue weighted by Gasteiger charge is 2.34. The number of nitrogens with zero attached hydrogens (tertiary/aromatic N) is 2. The topological polar surface area (TPSA) is 91.7 Å². The van der Waals surface area contributed by atoms with Crippen molar-refractivity contribution in [2.45, 2.75) is 25.3 Å². The first-order valence-corrected chi connectivity index (χ1v) is 10.3. The molecule has 1 aliphatic heterocycles. The summed E-state index contributed by atoms with van der Waals surface area (Å²) in [5.74, 6) is 0.569. The molecule has 1 heterocycles. The Morgan fingerprint density at radius 2 is 1.90 bits per heavy atom. The van der Waals surface area contributed by atoms with Crippen LogP contribution >= 0.6 is 0 Å². The molecule has 1 saturated heterocycles. The smallest absolute Gasteiger partial charge is 0.226 e. The zero-order chi connectivity index (χ0) is 22.2. The molecule has 1 fully saturated rings. The van der Waals surface area contributed by atoms with Crippen molar-refractivity contribution in [2.24, 2.45) is 5.92 Å². The zero-order valence-corrected chi connectivity index (χ0v) is 17.8. The Morgan fingerprint density at radius 3 is 2.58 bits per heavy atom. The number of methoxy groups -OCH3 is 2. The Morgan fingerprint density at radius 1 is 1.16 bits per heavy atom. The maximum Gasteiger partial charge on any atom is 0.226 e. The molecule has 0 bridgehead atoms. The van der Waals surface area contributed by atoms with Crippen LogP contribution in [-0.4, -0.2) is 50.1 Å². The maximum atomic E-state index is 12.7. The van der Waals surface area contributed by atoms with Crippen molar-refractivity contribution in [3.8, 4) is 17.6 Å². The first-order valence-electron chi connectivity index (χ1n) is 10.3. The summed E-state index contributed by atoms with van der Waals surface area (Å²) in [7, 11) is 3.17. The van der Waals surface area contributed by atoms with Crippen LogP contribution in [0.25, 0.3) is 0 Å². The van der Waals surface area contributed by atoms with Crippen molar-refractivity contribution in [3.63, 3.8) is 0 Å². The predicted molar refractivity (Wildman–Crippen MR) is 116 cm³/mol. The third-order valence-corrected chi connectivity index (χ3v) is 5.46. The monoisotopic (exact) mass is 421 g/mol. The Bertz CT molecular complexity index is 955. The minimum atomic E-state index is -0.620. The molecule has 2 amide bonds. The van der Waals surface area contributed by atoms with Crippen LogP contribution in [0.2, 0.25) is 0 Å². The lowest BCUT2D eigenvalue weighted by atomic mass is 10.0. The minimum Gasteiger partial charge on any atom is -0.493 e. The normalized spacial score (nSPS) is 16.5. The van der Waals surface area contributed by atoms with Gasteiger partial charge in [0, 0.05) is 25.9 Å². The number of amides is 2. The average Bonchev–Trinajstić information content (AvgIpc) is 3.18. The fourth-order valence-electron chi connectivity index (χ4n) is 3.73. The molecule has 162 valence electrons. The van der Waals surface area contributed by atoms with Crippen molar-refractivity contribution in [2.75, 3.05) is 27.3 Å². The minimum absolute atomic E-state index is 0.0443. The highest BCUT2D eigenvalue weighted by Crippen LogP contribution is 2.28. The fourth-order valence-corrected chi connectivity index (χ4v) is 3.73. The number of ether oxygens (including phenoxy) is 2. The van der Waals surface area contributed by atoms with Crippen LogP contribution in [0.5, 0.6) is 11.5 Å². The highest BCUT2D eigenvalue weighted by molar-refractivity contribution is 5.89. The van der Waals surface area contributed by atoms with E-state index < -0.39 is 12.0 Å². The number of hydrogen-bond donors (Lipinski definition) is 1. The van der Waals surface area contributed by atoms with Gasteiger partial charge in [-0.2, -0.15) is 5.26 Å². The molecule has 3 rings (SSSR count). The first kappa shape index (κ1) is 22.2. The summed E-state index contributed by atoms with van der Waals surface area (Å²) in [6.45, 7) is 0.880. The average molecular weight is 421 g/mol. The zero-order valence-electron chi connectivity index (χ0n) is 17.8. The Labute approximate surface area is 182 Å². The fraction of sp³-hybridized carbons (Fsp3) is 0.375. The van der Waals surface area contributed by atoms with Crippen LogP contribution in [0.4, 0.5) is 0 Å². The van der Waals surface area contributed by atoms with E-state index in [1.807, 2.05) is 48.5 Å². The van der Waals surface area contributed by atoms with Crippen molar-refractivity contribution in [3.05, 3.63) is 59.7 Å². The lowest BCUT2D eigenvalue weighted by molar-refractivity contribution is -0.129. The summed E-state index contributed by atoms with van der Waals surface area (Å²) in [4.78, 5) is 26.8. The van der Waals surface area contributed by atoms with Crippen molar-refractivity contribution < 1.29 is 19.1 Å². The van der Waals surface area contributed by atoms with E-state index in [4.69, 9.17) is 9.47 Å². The number of carbonyl (C=O) groups is 2. The lowest BCUT2D eigenvalue weighted by Crippen LogP contribution is -2.40. The standard InChI is InChI=1S/C24H27N3O4/c1-30-21-9-8-18(13-22(21)31-2)10-11-27-16-19(14-23(27)28)24(29)26-20(15-25)12-17-6-4-3-5-7-17/h3-9,13,19-20H,10-12,14,16H2,1-2H3,(H,26,29). The summed E-state index contributed by atoms with van der Waals surface area (Å²) in [5, 5.41) is 12.2. The summed E-state index contributed by atoms with van der Waals surface area (Å²) in [5.41, 5.74) is 2.00. The van der Waals surface area contributed by atoms with Crippen LogP contribution in [0.15, 0.2) is 48.5 Å². The van der Waals surface area contributed by atoms with Gasteiger partial charge < -0.3 is 19.7 Å². The Kier molecular flexibility index (Phi) is 7.50. The van der Waals surface area contributed by atoms with Gasteiger partial charge in [-0.25, -0.2) is 0 Å². The van der Waals surface area contributed by atoms with Crippen LogP contribution < -0.4 is 14.8 Å². The molecule has 2 aromatic rings. The summed E-state index contributed by atoms with van der Waals surface area (Å²) in [6, 6.07) is 16.7. The molecule has 7 nitrogen and oxygen atoms in total. The molecule has 0 saturated carbocycles. The van der Waals surface area contributed by atoms with Gasteiger partial charge in [0.05, 0.1) is 26.2 Å². The maximum absolute atomic E-state index is 12.7. The van der Waals surface area contributed by atoms with Crippen LogP contribution in [-0.2, 0) is 22.4 Å². The molecule has 2 aromatic carbocycles. The highest BCUT2D eigenvalue weighted by atomic mass is 16.5. The van der Waals surface area contributed by atoms with E-state index >= 15 is 0 Å². The van der Waals surface area contributed by atoms with Crippen molar-refractivity contribution in [1.82, 2.24) is 10.2 Å². The van der Waals surface area contributed by atoms with Crippen LogP contribution in [0.1, 0.15) is 17.5 Å². The Balaban J connectivity index is 1.53. The molecule has 1 aliphatic rings. The molecule has 31 heavy (non-hydrogen) atoms. The molecule has 1 N–H and O–H groups in total. The Hall–Kier alpha value is -3.53. The quantitative estimate of drug-likeness (QED) is 0.671. The van der Waals surface area contributed by atoms with Gasteiger partial charge in [-0.15, -0.1) is 0 Å². The number of hydrogen-bond acceptors (Lipinski definition) is 5. The largest absolute Gasteiger partial charge is 0.493 e. The van der Waals surface area contributed by atoms with E-state index in [-0.39, 0.29) is 18.2 Å². The van der Waals surface area contributed by atoms with E-state index in [0.717, 1.165) is 11.1 Å². The van der Waals surface area contributed by atoms with Crippen molar-refractivity contribution >= 4 is 11.8 Å². The molecule has 2 unspecified atom stereocenters. The number of benzene rings is 2. The number of rotatable bonds is 9. The second-order valence-corrected chi connectivity index (χ2v) is 7.56. The molecule has 0 aliphatic carbocycles. The molecule has 7 heteroatoms. The first-order chi connectivity index (χ1) is 15.0. The summed E-state index contributed by atoms with van der Waals surface area (Å²) >= 11 is 0. The summed E-state index contributed by atoms with van der Waals surface area (Å²) in [6.07, 6.45) is 1.25. The van der Waals surface area contributed by atoms with Gasteiger partial charge in [-0.05, 0) is 29.7 Å². The molecular weight excluding hydrogens is 394 g/mol. The van der Waals surface area contributed by atoms with Crippen LogP contribution in [0.3, 0.4) is 0 Å². The SMILES string of the molecule is COc1ccc(CCN2CC(C(=O)NC(C#N)Cc3ccccc3)CC2=O)cc1OC. The van der Waals surface area contributed by atoms with E-state index in [1.165, 1.54) is 0 Å². The van der Waals surface area contributed by atoms with Gasteiger partial charge in [-0.3, -0.25) is 9.59 Å². The van der Waals surface area contributed by atoms with Crippen molar-refractivity contribution in [1.29, 1.82) is 5.26 Å². The van der Waals surface area contributed by atoms with Gasteiger partial charge in [0.25, 0.3) is 0 Å². The van der Waals surface area contributed by atoms with E-state index in [2.05, 4.69) is 11.4 Å².